The molecule has 0 N–H and O–H groups in total. The molecule has 0 aromatic heterocycles. The minimum atomic E-state index is -0.414. The Morgan fingerprint density at radius 2 is 1.89 bits per heavy atom. The molecule has 0 saturated heterocycles. The average molecular weight is 387 g/mol. The fraction of sp³-hybridized carbons (Fsp3) is 0.625. The lowest BCUT2D eigenvalue weighted by molar-refractivity contribution is 0.0298. The normalized spacial score (nSPS) is 25.9. The van der Waals surface area contributed by atoms with Crippen LogP contribution in [-0.2, 0) is 6.42 Å². The molecule has 1 aliphatic carbocycles. The van der Waals surface area contributed by atoms with Crippen molar-refractivity contribution in [1.29, 1.82) is 0 Å². The molecule has 1 aromatic carbocycles. The van der Waals surface area contributed by atoms with Crippen LogP contribution in [0.2, 0.25) is 0 Å². The molecule has 154 valence electrons. The van der Waals surface area contributed by atoms with E-state index < -0.39 is 5.60 Å². The number of allylic oxidation sites excluding steroid dienone is 1. The number of hydrogen-bond donors (Lipinski definition) is 0. The minimum absolute atomic E-state index is 0.0626. The number of ketones is 1. The average Bonchev–Trinajstić information content (AvgIpc) is 2.63. The molecule has 0 fully saturated rings. The fourth-order valence-electron chi connectivity index (χ4n) is 4.49. The Kier molecular flexibility index (Phi) is 5.79. The number of rotatable bonds is 6. The van der Waals surface area contributed by atoms with Gasteiger partial charge in [0.2, 0.25) is 0 Å². The molecule has 1 aliphatic heterocycles. The third-order valence-electron chi connectivity index (χ3n) is 6.29. The SMILES string of the molecule is COc1cc(OC)c(C(=O)CC(C)C)c2c1CC1C[C@H](C(C)C)C=C[C@@]1(C)O2. The van der Waals surface area contributed by atoms with Crippen molar-refractivity contribution in [2.45, 2.75) is 59.5 Å². The summed E-state index contributed by atoms with van der Waals surface area (Å²) in [6.07, 6.45) is 6.88. The van der Waals surface area contributed by atoms with Crippen LogP contribution in [0.3, 0.4) is 0 Å². The van der Waals surface area contributed by atoms with Crippen LogP contribution in [0.1, 0.15) is 63.4 Å². The Bertz CT molecular complexity index is 777. The molecule has 3 atom stereocenters. The first kappa shape index (κ1) is 20.8. The van der Waals surface area contributed by atoms with Gasteiger partial charge in [-0.25, -0.2) is 0 Å². The predicted octanol–water partition coefficient (Wildman–Crippen LogP) is 5.47. The second-order valence-electron chi connectivity index (χ2n) is 9.17. The summed E-state index contributed by atoms with van der Waals surface area (Å²) in [6.45, 7) is 10.8. The fourth-order valence-corrected chi connectivity index (χ4v) is 4.49. The van der Waals surface area contributed by atoms with Crippen LogP contribution < -0.4 is 14.2 Å². The first-order valence-electron chi connectivity index (χ1n) is 10.4. The second-order valence-corrected chi connectivity index (χ2v) is 9.17. The number of carbonyl (C=O) groups is 1. The van der Waals surface area contributed by atoms with Gasteiger partial charge in [-0.3, -0.25) is 4.79 Å². The Labute approximate surface area is 169 Å². The highest BCUT2D eigenvalue weighted by Gasteiger charge is 2.45. The molecule has 0 bridgehead atoms. The van der Waals surface area contributed by atoms with E-state index in [1.807, 2.05) is 6.07 Å². The summed E-state index contributed by atoms with van der Waals surface area (Å²) in [6, 6.07) is 1.84. The van der Waals surface area contributed by atoms with Crippen molar-refractivity contribution in [2.75, 3.05) is 14.2 Å². The summed E-state index contributed by atoms with van der Waals surface area (Å²) in [5.41, 5.74) is 1.14. The molecule has 1 unspecified atom stereocenters. The van der Waals surface area contributed by atoms with Crippen molar-refractivity contribution >= 4 is 5.78 Å². The van der Waals surface area contributed by atoms with Gasteiger partial charge in [0, 0.05) is 24.0 Å². The lowest BCUT2D eigenvalue weighted by Gasteiger charge is -2.46. The Balaban J connectivity index is 2.12. The topological polar surface area (TPSA) is 44.8 Å². The third kappa shape index (κ3) is 3.66. The zero-order valence-corrected chi connectivity index (χ0v) is 18.3. The molecule has 28 heavy (non-hydrogen) atoms. The van der Waals surface area contributed by atoms with Gasteiger partial charge in [-0.05, 0) is 43.6 Å². The molecule has 0 radical (unpaired) electrons. The third-order valence-corrected chi connectivity index (χ3v) is 6.29. The van der Waals surface area contributed by atoms with Gasteiger partial charge in [0.15, 0.2) is 5.78 Å². The summed E-state index contributed by atoms with van der Waals surface area (Å²) >= 11 is 0. The molecule has 0 saturated carbocycles. The van der Waals surface area contributed by atoms with Crippen LogP contribution in [0.25, 0.3) is 0 Å². The van der Waals surface area contributed by atoms with Crippen molar-refractivity contribution in [1.82, 2.24) is 0 Å². The van der Waals surface area contributed by atoms with E-state index in [1.165, 1.54) is 0 Å². The van der Waals surface area contributed by atoms with E-state index in [-0.39, 0.29) is 11.7 Å². The van der Waals surface area contributed by atoms with E-state index in [4.69, 9.17) is 14.2 Å². The van der Waals surface area contributed by atoms with Crippen LogP contribution in [0.4, 0.5) is 0 Å². The van der Waals surface area contributed by atoms with Gasteiger partial charge in [-0.2, -0.15) is 0 Å². The molecule has 1 heterocycles. The largest absolute Gasteiger partial charge is 0.496 e. The maximum absolute atomic E-state index is 13.1. The predicted molar refractivity (Wildman–Crippen MR) is 112 cm³/mol. The Morgan fingerprint density at radius 3 is 2.46 bits per heavy atom. The van der Waals surface area contributed by atoms with Gasteiger partial charge in [-0.15, -0.1) is 0 Å². The highest BCUT2D eigenvalue weighted by Crippen LogP contribution is 2.51. The number of ether oxygens (including phenoxy) is 3. The van der Waals surface area contributed by atoms with E-state index in [2.05, 4.69) is 46.8 Å². The van der Waals surface area contributed by atoms with Crippen LogP contribution in [0, 0.1) is 23.7 Å². The molecular weight excluding hydrogens is 352 g/mol. The molecule has 1 aromatic rings. The van der Waals surface area contributed by atoms with Gasteiger partial charge in [0.05, 0.1) is 14.2 Å². The highest BCUT2D eigenvalue weighted by molar-refractivity contribution is 6.02. The van der Waals surface area contributed by atoms with Crippen molar-refractivity contribution in [3.05, 3.63) is 29.3 Å². The van der Waals surface area contributed by atoms with Crippen molar-refractivity contribution < 1.29 is 19.0 Å². The van der Waals surface area contributed by atoms with Crippen molar-refractivity contribution in [2.24, 2.45) is 23.7 Å². The standard InChI is InChI=1S/C24H34O4/c1-14(2)10-19(25)22-21(27-7)13-20(26-6)18-12-17-11-16(15(3)4)8-9-24(17,5)28-23(18)22/h8-9,13-17H,10-12H2,1-7H3/t16-,17?,24-/m1/s1. The maximum Gasteiger partial charge on any atom is 0.170 e. The van der Waals surface area contributed by atoms with E-state index in [1.54, 1.807) is 14.2 Å². The summed E-state index contributed by atoms with van der Waals surface area (Å²) in [5, 5.41) is 0. The van der Waals surface area contributed by atoms with Crippen LogP contribution >= 0.6 is 0 Å². The monoisotopic (exact) mass is 386 g/mol. The summed E-state index contributed by atoms with van der Waals surface area (Å²) < 4.78 is 17.8. The van der Waals surface area contributed by atoms with Gasteiger partial charge in [0.1, 0.15) is 28.4 Å². The van der Waals surface area contributed by atoms with E-state index in [0.29, 0.717) is 41.2 Å². The quantitative estimate of drug-likeness (QED) is 0.480. The van der Waals surface area contributed by atoms with E-state index in [0.717, 1.165) is 24.2 Å². The molecular formula is C24H34O4. The summed E-state index contributed by atoms with van der Waals surface area (Å²) in [4.78, 5) is 13.1. The van der Waals surface area contributed by atoms with Crippen LogP contribution in [0.5, 0.6) is 17.2 Å². The maximum atomic E-state index is 13.1. The number of hydrogen-bond acceptors (Lipinski definition) is 4. The molecule has 4 heteroatoms. The zero-order valence-electron chi connectivity index (χ0n) is 18.3. The Morgan fingerprint density at radius 1 is 1.21 bits per heavy atom. The number of methoxy groups -OCH3 is 2. The van der Waals surface area contributed by atoms with Gasteiger partial charge < -0.3 is 14.2 Å². The van der Waals surface area contributed by atoms with Gasteiger partial charge in [-0.1, -0.05) is 33.8 Å². The molecule has 0 spiro atoms. The molecule has 2 aliphatic rings. The number of carbonyl (C=O) groups excluding carboxylic acids is 1. The van der Waals surface area contributed by atoms with Crippen molar-refractivity contribution in [3.63, 3.8) is 0 Å². The van der Waals surface area contributed by atoms with E-state index >= 15 is 0 Å². The number of Topliss-reactive ketones (excluding diaryl/α,β-unsaturated/α-hetero) is 1. The molecule has 3 rings (SSSR count). The molecule has 4 nitrogen and oxygen atoms in total. The van der Waals surface area contributed by atoms with Crippen LogP contribution in [0.15, 0.2) is 18.2 Å². The summed E-state index contributed by atoms with van der Waals surface area (Å²) in [7, 11) is 3.25. The Hall–Kier alpha value is -1.97. The molecule has 0 amide bonds. The lowest BCUT2D eigenvalue weighted by atomic mass is 9.69. The van der Waals surface area contributed by atoms with Crippen molar-refractivity contribution in [3.8, 4) is 17.2 Å². The second kappa shape index (κ2) is 7.81. The van der Waals surface area contributed by atoms with E-state index in [9.17, 15) is 4.79 Å². The number of benzene rings is 1. The number of fused-ring (bicyclic) bond motifs is 2. The zero-order chi connectivity index (χ0) is 20.6. The minimum Gasteiger partial charge on any atom is -0.496 e. The van der Waals surface area contributed by atoms with Crippen LogP contribution in [-0.4, -0.2) is 25.6 Å². The first-order chi connectivity index (χ1) is 13.2. The smallest absolute Gasteiger partial charge is 0.170 e. The summed E-state index contributed by atoms with van der Waals surface area (Å²) in [5.74, 6) is 3.75. The van der Waals surface area contributed by atoms with Gasteiger partial charge in [0.25, 0.3) is 0 Å². The van der Waals surface area contributed by atoms with Gasteiger partial charge >= 0.3 is 0 Å². The highest BCUT2D eigenvalue weighted by atomic mass is 16.5. The first-order valence-corrected chi connectivity index (χ1v) is 10.4. The lowest BCUT2D eigenvalue weighted by Crippen LogP contribution is -2.47.